The highest BCUT2D eigenvalue weighted by molar-refractivity contribution is 5.34. The van der Waals surface area contributed by atoms with E-state index in [-0.39, 0.29) is 18.1 Å². The zero-order valence-electron chi connectivity index (χ0n) is 11.6. The lowest BCUT2D eigenvalue weighted by Gasteiger charge is -2.28. The topological polar surface area (TPSA) is 32.3 Å². The Hall–Kier alpha value is -1.64. The van der Waals surface area contributed by atoms with Crippen molar-refractivity contribution in [3.63, 3.8) is 0 Å². The summed E-state index contributed by atoms with van der Waals surface area (Å²) in [6, 6.07) is 20.8. The lowest BCUT2D eigenvalue weighted by molar-refractivity contribution is 0.119. The second kappa shape index (κ2) is 6.21. The van der Waals surface area contributed by atoms with Crippen LogP contribution in [-0.4, -0.2) is 23.8 Å². The van der Waals surface area contributed by atoms with Gasteiger partial charge in [0.05, 0.1) is 6.10 Å². The molecule has 0 aromatic heterocycles. The van der Waals surface area contributed by atoms with Crippen molar-refractivity contribution in [1.29, 1.82) is 0 Å². The number of aliphatic hydroxyl groups excluding tert-OH is 1. The van der Waals surface area contributed by atoms with E-state index in [2.05, 4.69) is 29.6 Å². The van der Waals surface area contributed by atoms with Crippen molar-refractivity contribution < 1.29 is 5.11 Å². The molecule has 3 rings (SSSR count). The Balaban J connectivity index is 1.95. The molecule has 0 amide bonds. The molecular weight excluding hydrogens is 246 g/mol. The molecule has 2 nitrogen and oxygen atoms in total. The highest BCUT2D eigenvalue weighted by Crippen LogP contribution is 2.31. The van der Waals surface area contributed by atoms with E-state index >= 15 is 0 Å². The molecule has 1 saturated heterocycles. The van der Waals surface area contributed by atoms with Crippen LogP contribution in [0.3, 0.4) is 0 Å². The second-order valence-corrected chi connectivity index (χ2v) is 5.49. The van der Waals surface area contributed by atoms with Crippen LogP contribution in [0.25, 0.3) is 0 Å². The summed E-state index contributed by atoms with van der Waals surface area (Å²) in [5, 5.41) is 14.3. The fraction of sp³-hybridized carbons (Fsp3) is 0.333. The first-order valence-electron chi connectivity index (χ1n) is 7.37. The Morgan fingerprint density at radius 3 is 1.90 bits per heavy atom. The minimum atomic E-state index is -0.387. The third-order valence-electron chi connectivity index (χ3n) is 4.17. The van der Waals surface area contributed by atoms with Crippen LogP contribution in [0.1, 0.15) is 29.9 Å². The van der Waals surface area contributed by atoms with Gasteiger partial charge >= 0.3 is 0 Å². The monoisotopic (exact) mass is 267 g/mol. The van der Waals surface area contributed by atoms with E-state index in [1.54, 1.807) is 0 Å². The lowest BCUT2D eigenvalue weighted by atomic mass is 9.83. The third kappa shape index (κ3) is 2.77. The second-order valence-electron chi connectivity index (χ2n) is 5.49. The van der Waals surface area contributed by atoms with Gasteiger partial charge in [0.25, 0.3) is 0 Å². The van der Waals surface area contributed by atoms with Crippen molar-refractivity contribution in [2.75, 3.05) is 6.54 Å². The fourth-order valence-electron chi connectivity index (χ4n) is 3.14. The van der Waals surface area contributed by atoms with E-state index in [9.17, 15) is 5.11 Å². The van der Waals surface area contributed by atoms with Crippen LogP contribution in [-0.2, 0) is 0 Å². The summed E-state index contributed by atoms with van der Waals surface area (Å²) in [7, 11) is 0. The Bertz CT molecular complexity index is 480. The average Bonchev–Trinajstić information content (AvgIpc) is 3.04. The van der Waals surface area contributed by atoms with Gasteiger partial charge in [0.15, 0.2) is 0 Å². The molecule has 2 aromatic rings. The van der Waals surface area contributed by atoms with Crippen molar-refractivity contribution >= 4 is 0 Å². The summed E-state index contributed by atoms with van der Waals surface area (Å²) < 4.78 is 0. The summed E-state index contributed by atoms with van der Waals surface area (Å²) in [4.78, 5) is 0. The normalized spacial score (nSPS) is 20.2. The summed E-state index contributed by atoms with van der Waals surface area (Å²) in [6.07, 6.45) is 1.82. The molecule has 0 bridgehead atoms. The first-order valence-corrected chi connectivity index (χ1v) is 7.37. The lowest BCUT2D eigenvalue weighted by Crippen LogP contribution is -2.39. The predicted molar refractivity (Wildman–Crippen MR) is 81.8 cm³/mol. The molecule has 0 spiro atoms. The summed E-state index contributed by atoms with van der Waals surface area (Å²) in [5.41, 5.74) is 2.36. The third-order valence-corrected chi connectivity index (χ3v) is 4.17. The van der Waals surface area contributed by atoms with Crippen LogP contribution >= 0.6 is 0 Å². The minimum absolute atomic E-state index is 0.0352. The number of nitrogens with one attached hydrogen (secondary N) is 1. The maximum atomic E-state index is 10.9. The van der Waals surface area contributed by atoms with Crippen LogP contribution < -0.4 is 5.32 Å². The van der Waals surface area contributed by atoms with E-state index in [0.717, 1.165) is 19.4 Å². The van der Waals surface area contributed by atoms with Crippen LogP contribution in [0.5, 0.6) is 0 Å². The van der Waals surface area contributed by atoms with Gasteiger partial charge in [-0.3, -0.25) is 0 Å². The van der Waals surface area contributed by atoms with Gasteiger partial charge in [0, 0.05) is 12.0 Å². The number of rotatable bonds is 4. The molecule has 1 heterocycles. The molecule has 1 fully saturated rings. The molecule has 2 heteroatoms. The first kappa shape index (κ1) is 13.3. The summed E-state index contributed by atoms with van der Waals surface area (Å²) in [5.74, 6) is 0.0352. The molecule has 1 aliphatic heterocycles. The maximum Gasteiger partial charge on any atom is 0.0802 e. The zero-order valence-corrected chi connectivity index (χ0v) is 11.6. The standard InChI is InChI=1S/C18H21NO/c20-18(16-12-7-13-19-16)17(14-8-3-1-4-9-14)15-10-5-2-6-11-15/h1-6,8-11,16-20H,7,12-13H2/t16?,18-/m0/s1. The van der Waals surface area contributed by atoms with Gasteiger partial charge in [0.1, 0.15) is 0 Å². The zero-order chi connectivity index (χ0) is 13.8. The largest absolute Gasteiger partial charge is 0.391 e. The molecule has 2 atom stereocenters. The van der Waals surface area contributed by atoms with Crippen molar-refractivity contribution in [3.05, 3.63) is 71.8 Å². The van der Waals surface area contributed by atoms with Gasteiger partial charge in [-0.25, -0.2) is 0 Å². The minimum Gasteiger partial charge on any atom is -0.391 e. The van der Waals surface area contributed by atoms with Crippen LogP contribution in [0.2, 0.25) is 0 Å². The van der Waals surface area contributed by atoms with Crippen molar-refractivity contribution in [1.82, 2.24) is 5.32 Å². The average molecular weight is 267 g/mol. The Kier molecular flexibility index (Phi) is 4.14. The molecule has 2 aromatic carbocycles. The molecule has 0 radical (unpaired) electrons. The summed E-state index contributed by atoms with van der Waals surface area (Å²) >= 11 is 0. The molecule has 20 heavy (non-hydrogen) atoms. The van der Waals surface area contributed by atoms with Crippen molar-refractivity contribution in [2.24, 2.45) is 0 Å². The maximum absolute atomic E-state index is 10.9. The summed E-state index contributed by atoms with van der Waals surface area (Å²) in [6.45, 7) is 1.01. The highest BCUT2D eigenvalue weighted by Gasteiger charge is 2.31. The number of hydrogen-bond donors (Lipinski definition) is 2. The molecule has 0 aliphatic carbocycles. The highest BCUT2D eigenvalue weighted by atomic mass is 16.3. The molecule has 1 unspecified atom stereocenters. The SMILES string of the molecule is O[C@@H](C1CCCN1)C(c1ccccc1)c1ccccc1. The molecule has 104 valence electrons. The van der Waals surface area contributed by atoms with Crippen LogP contribution in [0, 0.1) is 0 Å². The van der Waals surface area contributed by atoms with E-state index in [1.807, 2.05) is 36.4 Å². The molecule has 2 N–H and O–H groups in total. The smallest absolute Gasteiger partial charge is 0.0802 e. The van der Waals surface area contributed by atoms with Gasteiger partial charge < -0.3 is 10.4 Å². The van der Waals surface area contributed by atoms with Gasteiger partial charge in [-0.1, -0.05) is 60.7 Å². The Morgan fingerprint density at radius 2 is 1.45 bits per heavy atom. The fourth-order valence-corrected chi connectivity index (χ4v) is 3.14. The van der Waals surface area contributed by atoms with Crippen LogP contribution in [0.4, 0.5) is 0 Å². The number of benzene rings is 2. The van der Waals surface area contributed by atoms with Crippen LogP contribution in [0.15, 0.2) is 60.7 Å². The van der Waals surface area contributed by atoms with E-state index in [1.165, 1.54) is 11.1 Å². The van der Waals surface area contributed by atoms with Crippen molar-refractivity contribution in [3.8, 4) is 0 Å². The van der Waals surface area contributed by atoms with Gasteiger partial charge in [-0.2, -0.15) is 0 Å². The molecular formula is C18H21NO. The van der Waals surface area contributed by atoms with Gasteiger partial charge in [-0.05, 0) is 30.5 Å². The Morgan fingerprint density at radius 1 is 0.900 bits per heavy atom. The first-order chi connectivity index (χ1) is 9.86. The number of hydrogen-bond acceptors (Lipinski definition) is 2. The molecule has 1 aliphatic rings. The van der Waals surface area contributed by atoms with Gasteiger partial charge in [0.2, 0.25) is 0 Å². The number of aliphatic hydroxyl groups is 1. The molecule has 0 saturated carbocycles. The van der Waals surface area contributed by atoms with E-state index in [0.29, 0.717) is 0 Å². The van der Waals surface area contributed by atoms with Crippen molar-refractivity contribution in [2.45, 2.75) is 30.9 Å². The predicted octanol–water partition coefficient (Wildman–Crippen LogP) is 2.93. The van der Waals surface area contributed by atoms with E-state index in [4.69, 9.17) is 0 Å². The van der Waals surface area contributed by atoms with E-state index < -0.39 is 0 Å². The quantitative estimate of drug-likeness (QED) is 0.892. The Labute approximate surface area is 120 Å². The van der Waals surface area contributed by atoms with Gasteiger partial charge in [-0.15, -0.1) is 0 Å².